The van der Waals surface area contributed by atoms with Crippen molar-refractivity contribution in [1.29, 1.82) is 0 Å². The third kappa shape index (κ3) is 5.33. The maximum absolute atomic E-state index is 5.34. The van der Waals surface area contributed by atoms with Crippen LogP contribution in [0.5, 0.6) is 5.75 Å². The first-order valence-corrected chi connectivity index (χ1v) is 10.2. The van der Waals surface area contributed by atoms with Crippen LogP contribution in [-0.4, -0.2) is 72.1 Å². The number of hydrogen-bond acceptors (Lipinski definition) is 7. The molecule has 1 saturated heterocycles. The standard InChI is InChI=1S/C22H28N6O2.ClH/c1-29-17-16-28-22(23-24-25-28)21(18-8-10-20(30-2)11-9-18)27-14-12-26(13-15-27)19-6-4-3-5-7-19;/h3-11,21H,12-17H2,1-2H3;1H. The van der Waals surface area contributed by atoms with E-state index in [2.05, 4.69) is 67.8 Å². The number of ether oxygens (including phenoxy) is 2. The Morgan fingerprint density at radius 3 is 2.29 bits per heavy atom. The molecular weight excluding hydrogens is 416 g/mol. The molecule has 9 heteroatoms. The summed E-state index contributed by atoms with van der Waals surface area (Å²) in [4.78, 5) is 4.88. The molecule has 0 amide bonds. The molecular formula is C22H29ClN6O2. The van der Waals surface area contributed by atoms with Crippen LogP contribution in [0.3, 0.4) is 0 Å². The highest BCUT2D eigenvalue weighted by atomic mass is 35.5. The van der Waals surface area contributed by atoms with Gasteiger partial charge in [0, 0.05) is 39.0 Å². The lowest BCUT2D eigenvalue weighted by Crippen LogP contribution is -2.48. The minimum Gasteiger partial charge on any atom is -0.497 e. The lowest BCUT2D eigenvalue weighted by molar-refractivity contribution is 0.171. The monoisotopic (exact) mass is 444 g/mol. The molecule has 0 aliphatic carbocycles. The van der Waals surface area contributed by atoms with Gasteiger partial charge in [0.15, 0.2) is 5.82 Å². The van der Waals surface area contributed by atoms with Crippen molar-refractivity contribution in [2.24, 2.45) is 0 Å². The molecule has 166 valence electrons. The van der Waals surface area contributed by atoms with Crippen molar-refractivity contribution in [3.8, 4) is 5.75 Å². The first-order chi connectivity index (χ1) is 14.8. The average molecular weight is 445 g/mol. The van der Waals surface area contributed by atoms with Crippen LogP contribution < -0.4 is 9.64 Å². The molecule has 2 heterocycles. The lowest BCUT2D eigenvalue weighted by Gasteiger charge is -2.40. The van der Waals surface area contributed by atoms with Crippen molar-refractivity contribution in [2.75, 3.05) is 51.9 Å². The van der Waals surface area contributed by atoms with Gasteiger partial charge in [-0.2, -0.15) is 0 Å². The van der Waals surface area contributed by atoms with E-state index in [0.717, 1.165) is 43.3 Å². The maximum Gasteiger partial charge on any atom is 0.173 e. The average Bonchev–Trinajstić information content (AvgIpc) is 3.27. The molecule has 0 saturated carbocycles. The van der Waals surface area contributed by atoms with Crippen LogP contribution in [0.4, 0.5) is 5.69 Å². The summed E-state index contributed by atoms with van der Waals surface area (Å²) < 4.78 is 12.4. The molecule has 0 spiro atoms. The van der Waals surface area contributed by atoms with E-state index < -0.39 is 0 Å². The predicted molar refractivity (Wildman–Crippen MR) is 122 cm³/mol. The topological polar surface area (TPSA) is 68.5 Å². The number of hydrogen-bond donors (Lipinski definition) is 0. The molecule has 0 radical (unpaired) electrons. The second-order valence-electron chi connectivity index (χ2n) is 7.29. The molecule has 3 aromatic rings. The van der Waals surface area contributed by atoms with Gasteiger partial charge in [0.05, 0.1) is 26.3 Å². The Hall–Kier alpha value is -2.68. The Labute approximate surface area is 189 Å². The number of nitrogens with zero attached hydrogens (tertiary/aromatic N) is 6. The molecule has 1 unspecified atom stereocenters. The molecule has 2 aromatic carbocycles. The zero-order valence-corrected chi connectivity index (χ0v) is 18.7. The number of aromatic nitrogens is 4. The van der Waals surface area contributed by atoms with Gasteiger partial charge in [-0.05, 0) is 40.3 Å². The number of piperazine rings is 1. The fourth-order valence-corrected chi connectivity index (χ4v) is 3.93. The van der Waals surface area contributed by atoms with E-state index in [0.29, 0.717) is 13.2 Å². The third-order valence-electron chi connectivity index (χ3n) is 5.54. The first kappa shape index (κ1) is 23.0. The minimum atomic E-state index is -0.0271. The smallest absolute Gasteiger partial charge is 0.173 e. The molecule has 1 aliphatic rings. The minimum absolute atomic E-state index is 0. The van der Waals surface area contributed by atoms with Crippen molar-refractivity contribution >= 4 is 18.1 Å². The number of rotatable bonds is 8. The molecule has 0 N–H and O–H groups in total. The molecule has 0 bridgehead atoms. The second kappa shape index (κ2) is 11.1. The number of methoxy groups -OCH3 is 2. The van der Waals surface area contributed by atoms with E-state index in [1.807, 2.05) is 16.8 Å². The lowest BCUT2D eigenvalue weighted by atomic mass is 10.0. The third-order valence-corrected chi connectivity index (χ3v) is 5.54. The normalized spacial score (nSPS) is 15.4. The van der Waals surface area contributed by atoms with E-state index in [4.69, 9.17) is 9.47 Å². The van der Waals surface area contributed by atoms with Crippen LogP contribution >= 0.6 is 12.4 Å². The van der Waals surface area contributed by atoms with Gasteiger partial charge in [-0.15, -0.1) is 17.5 Å². The highest BCUT2D eigenvalue weighted by Gasteiger charge is 2.30. The van der Waals surface area contributed by atoms with Gasteiger partial charge in [-0.3, -0.25) is 4.90 Å². The van der Waals surface area contributed by atoms with Crippen molar-refractivity contribution in [3.63, 3.8) is 0 Å². The largest absolute Gasteiger partial charge is 0.497 e. The van der Waals surface area contributed by atoms with E-state index >= 15 is 0 Å². The maximum atomic E-state index is 5.34. The summed E-state index contributed by atoms with van der Waals surface area (Å²) >= 11 is 0. The number of para-hydroxylation sites is 1. The number of tetrazole rings is 1. The Morgan fingerprint density at radius 1 is 0.935 bits per heavy atom. The van der Waals surface area contributed by atoms with Crippen LogP contribution in [0.1, 0.15) is 17.4 Å². The molecule has 31 heavy (non-hydrogen) atoms. The predicted octanol–water partition coefficient (Wildman–Crippen LogP) is 2.66. The summed E-state index contributed by atoms with van der Waals surface area (Å²) in [6.07, 6.45) is 0. The number of anilines is 1. The Balaban J connectivity index is 0.00000272. The molecule has 1 aliphatic heterocycles. The molecule has 1 fully saturated rings. The van der Waals surface area contributed by atoms with Crippen molar-refractivity contribution < 1.29 is 9.47 Å². The summed E-state index contributed by atoms with van der Waals surface area (Å²) in [5.74, 6) is 1.68. The fraction of sp³-hybridized carbons (Fsp3) is 0.409. The Kier molecular flexibility index (Phi) is 8.22. The molecule has 1 atom stereocenters. The summed E-state index contributed by atoms with van der Waals surface area (Å²) in [7, 11) is 3.37. The fourth-order valence-electron chi connectivity index (χ4n) is 3.93. The van der Waals surface area contributed by atoms with Crippen LogP contribution in [0.15, 0.2) is 54.6 Å². The highest BCUT2D eigenvalue weighted by Crippen LogP contribution is 2.30. The first-order valence-electron chi connectivity index (χ1n) is 10.2. The van der Waals surface area contributed by atoms with E-state index in [9.17, 15) is 0 Å². The summed E-state index contributed by atoms with van der Waals surface area (Å²) in [5.41, 5.74) is 2.42. The van der Waals surface area contributed by atoms with Gasteiger partial charge in [0.2, 0.25) is 0 Å². The summed E-state index contributed by atoms with van der Waals surface area (Å²) in [6.45, 7) is 4.93. The number of benzene rings is 2. The van der Waals surface area contributed by atoms with Gasteiger partial charge < -0.3 is 14.4 Å². The van der Waals surface area contributed by atoms with Gasteiger partial charge in [0.1, 0.15) is 5.75 Å². The van der Waals surface area contributed by atoms with E-state index in [-0.39, 0.29) is 18.4 Å². The van der Waals surface area contributed by atoms with E-state index in [1.165, 1.54) is 5.69 Å². The SMILES string of the molecule is COCCn1nnnc1C(c1ccc(OC)cc1)N1CCN(c2ccccc2)CC1.Cl. The quantitative estimate of drug-likeness (QED) is 0.529. The van der Waals surface area contributed by atoms with Crippen LogP contribution in [-0.2, 0) is 11.3 Å². The molecule has 4 rings (SSSR count). The van der Waals surface area contributed by atoms with Crippen LogP contribution in [0, 0.1) is 0 Å². The molecule has 8 nitrogen and oxygen atoms in total. The van der Waals surface area contributed by atoms with Gasteiger partial charge in [0.25, 0.3) is 0 Å². The summed E-state index contributed by atoms with van der Waals surface area (Å²) in [5, 5.41) is 12.6. The van der Waals surface area contributed by atoms with Crippen molar-refractivity contribution in [1.82, 2.24) is 25.1 Å². The van der Waals surface area contributed by atoms with Crippen LogP contribution in [0.2, 0.25) is 0 Å². The number of halogens is 1. The second-order valence-corrected chi connectivity index (χ2v) is 7.29. The zero-order chi connectivity index (χ0) is 20.8. The molecule has 1 aromatic heterocycles. The zero-order valence-electron chi connectivity index (χ0n) is 17.9. The van der Waals surface area contributed by atoms with Gasteiger partial charge >= 0.3 is 0 Å². The van der Waals surface area contributed by atoms with Crippen LogP contribution in [0.25, 0.3) is 0 Å². The summed E-state index contributed by atoms with van der Waals surface area (Å²) in [6, 6.07) is 18.7. The van der Waals surface area contributed by atoms with Crippen molar-refractivity contribution in [3.05, 3.63) is 66.0 Å². The van der Waals surface area contributed by atoms with Crippen molar-refractivity contribution in [2.45, 2.75) is 12.6 Å². The highest BCUT2D eigenvalue weighted by molar-refractivity contribution is 5.85. The van der Waals surface area contributed by atoms with Gasteiger partial charge in [-0.1, -0.05) is 30.3 Å². The van der Waals surface area contributed by atoms with E-state index in [1.54, 1.807) is 14.2 Å². The Morgan fingerprint density at radius 2 is 1.65 bits per heavy atom. The Bertz CT molecular complexity index is 913. The van der Waals surface area contributed by atoms with Gasteiger partial charge in [-0.25, -0.2) is 4.68 Å².